The van der Waals surface area contributed by atoms with Crippen molar-refractivity contribution in [3.63, 3.8) is 0 Å². The number of hydrogen-bond acceptors (Lipinski definition) is 4. The summed E-state index contributed by atoms with van der Waals surface area (Å²) in [6.07, 6.45) is -1.26. The van der Waals surface area contributed by atoms with Crippen LogP contribution < -0.4 is 11.1 Å². The van der Waals surface area contributed by atoms with Gasteiger partial charge in [0.05, 0.1) is 5.56 Å². The fourth-order valence-electron chi connectivity index (χ4n) is 1.13. The van der Waals surface area contributed by atoms with Crippen molar-refractivity contribution in [2.45, 2.75) is 13.0 Å². The molecule has 0 radical (unpaired) electrons. The second-order valence-electron chi connectivity index (χ2n) is 3.38. The van der Waals surface area contributed by atoms with E-state index in [4.69, 9.17) is 5.73 Å². The van der Waals surface area contributed by atoms with Crippen LogP contribution in [0.4, 0.5) is 9.18 Å². The highest BCUT2D eigenvalue weighted by Crippen LogP contribution is 2.09. The normalized spacial score (nSPS) is 11.4. The highest BCUT2D eigenvalue weighted by Gasteiger charge is 2.21. The summed E-state index contributed by atoms with van der Waals surface area (Å²) in [5.41, 5.74) is 4.43. The van der Waals surface area contributed by atoms with E-state index in [9.17, 15) is 18.8 Å². The first-order chi connectivity index (χ1) is 8.41. The summed E-state index contributed by atoms with van der Waals surface area (Å²) in [6, 6.07) is 4.11. The molecule has 1 aromatic carbocycles. The standard InChI is InChI=1S/C11H11FN2O4/c1-6(9(15)14-11(13)17)18-10(16)7-4-2-3-5-8(7)12/h2-6H,1H3,(H3,13,14,15,17)/t6-/m1/s1. The van der Waals surface area contributed by atoms with Crippen LogP contribution in [-0.2, 0) is 9.53 Å². The van der Waals surface area contributed by atoms with Gasteiger partial charge in [-0.3, -0.25) is 10.1 Å². The Morgan fingerprint density at radius 1 is 1.33 bits per heavy atom. The van der Waals surface area contributed by atoms with E-state index < -0.39 is 29.8 Å². The van der Waals surface area contributed by atoms with Crippen molar-refractivity contribution in [2.75, 3.05) is 0 Å². The molecule has 0 bridgehead atoms. The smallest absolute Gasteiger partial charge is 0.341 e. The largest absolute Gasteiger partial charge is 0.449 e. The number of rotatable bonds is 3. The molecule has 6 nitrogen and oxygen atoms in total. The zero-order valence-electron chi connectivity index (χ0n) is 9.48. The number of imide groups is 1. The molecule has 3 amide bonds. The first-order valence-electron chi connectivity index (χ1n) is 4.97. The molecule has 0 aliphatic heterocycles. The molecule has 0 aliphatic rings. The summed E-state index contributed by atoms with van der Waals surface area (Å²) in [4.78, 5) is 33.1. The maximum absolute atomic E-state index is 13.2. The zero-order chi connectivity index (χ0) is 13.7. The summed E-state index contributed by atoms with van der Waals surface area (Å²) in [5.74, 6) is -2.64. The van der Waals surface area contributed by atoms with Crippen LogP contribution in [0.25, 0.3) is 0 Å². The Labute approximate surface area is 102 Å². The molecule has 0 saturated carbocycles. The Bertz CT molecular complexity index is 490. The van der Waals surface area contributed by atoms with E-state index in [1.807, 2.05) is 0 Å². The molecule has 1 aromatic rings. The molecule has 1 atom stereocenters. The van der Waals surface area contributed by atoms with Crippen LogP contribution in [0.3, 0.4) is 0 Å². The van der Waals surface area contributed by atoms with Gasteiger partial charge in [-0.05, 0) is 19.1 Å². The van der Waals surface area contributed by atoms with Gasteiger partial charge >= 0.3 is 12.0 Å². The Hall–Kier alpha value is -2.44. The third-order valence-corrected chi connectivity index (χ3v) is 1.99. The predicted octanol–water partition coefficient (Wildman–Crippen LogP) is 0.566. The van der Waals surface area contributed by atoms with E-state index in [2.05, 4.69) is 4.74 Å². The molecule has 0 unspecified atom stereocenters. The van der Waals surface area contributed by atoms with Gasteiger partial charge in [0.2, 0.25) is 0 Å². The zero-order valence-corrected chi connectivity index (χ0v) is 9.48. The van der Waals surface area contributed by atoms with Crippen molar-refractivity contribution in [3.8, 4) is 0 Å². The summed E-state index contributed by atoms with van der Waals surface area (Å²) in [6.45, 7) is 1.23. The summed E-state index contributed by atoms with van der Waals surface area (Å²) in [7, 11) is 0. The number of benzene rings is 1. The molecule has 0 spiro atoms. The predicted molar refractivity (Wildman–Crippen MR) is 59.0 cm³/mol. The first kappa shape index (κ1) is 13.6. The lowest BCUT2D eigenvalue weighted by Gasteiger charge is -2.12. The molecule has 0 fully saturated rings. The molecule has 7 heteroatoms. The third-order valence-electron chi connectivity index (χ3n) is 1.99. The van der Waals surface area contributed by atoms with Crippen LogP contribution in [0.2, 0.25) is 0 Å². The first-order valence-corrected chi connectivity index (χ1v) is 4.97. The number of amides is 3. The van der Waals surface area contributed by atoms with Gasteiger partial charge in [-0.2, -0.15) is 0 Å². The van der Waals surface area contributed by atoms with Crippen LogP contribution in [0, 0.1) is 5.82 Å². The van der Waals surface area contributed by atoms with E-state index in [1.165, 1.54) is 25.1 Å². The van der Waals surface area contributed by atoms with Crippen molar-refractivity contribution >= 4 is 17.9 Å². The Kier molecular flexibility index (Phi) is 4.36. The average Bonchev–Trinajstić information content (AvgIpc) is 2.28. The lowest BCUT2D eigenvalue weighted by atomic mass is 10.2. The number of ether oxygens (including phenoxy) is 1. The van der Waals surface area contributed by atoms with Crippen LogP contribution in [0.15, 0.2) is 24.3 Å². The third kappa shape index (κ3) is 3.55. The van der Waals surface area contributed by atoms with Gasteiger partial charge < -0.3 is 10.5 Å². The van der Waals surface area contributed by atoms with E-state index in [1.54, 1.807) is 5.32 Å². The highest BCUT2D eigenvalue weighted by molar-refractivity contribution is 5.98. The Morgan fingerprint density at radius 2 is 1.94 bits per heavy atom. The van der Waals surface area contributed by atoms with Crippen LogP contribution in [0.1, 0.15) is 17.3 Å². The fourth-order valence-corrected chi connectivity index (χ4v) is 1.13. The summed E-state index contributed by atoms with van der Waals surface area (Å²) >= 11 is 0. The van der Waals surface area contributed by atoms with Crippen molar-refractivity contribution in [1.29, 1.82) is 0 Å². The van der Waals surface area contributed by atoms with Crippen LogP contribution in [0.5, 0.6) is 0 Å². The topological polar surface area (TPSA) is 98.5 Å². The van der Waals surface area contributed by atoms with Crippen molar-refractivity contribution in [3.05, 3.63) is 35.6 Å². The van der Waals surface area contributed by atoms with Crippen molar-refractivity contribution in [1.82, 2.24) is 5.32 Å². The molecule has 96 valence electrons. The number of esters is 1. The number of primary amides is 1. The maximum atomic E-state index is 13.2. The lowest BCUT2D eigenvalue weighted by Crippen LogP contribution is -2.42. The molecular weight excluding hydrogens is 243 g/mol. The number of halogens is 1. The number of nitrogens with two attached hydrogens (primary N) is 1. The van der Waals surface area contributed by atoms with Gasteiger partial charge in [-0.15, -0.1) is 0 Å². The van der Waals surface area contributed by atoms with E-state index in [-0.39, 0.29) is 5.56 Å². The molecule has 0 aromatic heterocycles. The average molecular weight is 254 g/mol. The van der Waals surface area contributed by atoms with Gasteiger partial charge in [-0.25, -0.2) is 14.0 Å². The highest BCUT2D eigenvalue weighted by atomic mass is 19.1. The second-order valence-corrected chi connectivity index (χ2v) is 3.38. The Morgan fingerprint density at radius 3 is 2.50 bits per heavy atom. The number of carbonyl (C=O) groups excluding carboxylic acids is 3. The maximum Gasteiger partial charge on any atom is 0.341 e. The minimum Gasteiger partial charge on any atom is -0.449 e. The summed E-state index contributed by atoms with van der Waals surface area (Å²) < 4.78 is 17.9. The molecule has 1 rings (SSSR count). The van der Waals surface area contributed by atoms with E-state index in [0.29, 0.717) is 0 Å². The van der Waals surface area contributed by atoms with Crippen LogP contribution >= 0.6 is 0 Å². The summed E-state index contributed by atoms with van der Waals surface area (Å²) in [5, 5.41) is 1.74. The molecule has 0 heterocycles. The second kappa shape index (κ2) is 5.76. The minimum atomic E-state index is -1.26. The SMILES string of the molecule is C[C@@H](OC(=O)c1ccccc1F)C(=O)NC(N)=O. The molecule has 18 heavy (non-hydrogen) atoms. The van der Waals surface area contributed by atoms with Crippen LogP contribution in [-0.4, -0.2) is 24.0 Å². The van der Waals surface area contributed by atoms with Gasteiger partial charge in [0, 0.05) is 0 Å². The molecule has 0 saturated heterocycles. The molecule has 3 N–H and O–H groups in total. The lowest BCUT2D eigenvalue weighted by molar-refractivity contribution is -0.127. The van der Waals surface area contributed by atoms with Crippen molar-refractivity contribution < 1.29 is 23.5 Å². The van der Waals surface area contributed by atoms with Gasteiger partial charge in [-0.1, -0.05) is 12.1 Å². The Balaban J connectivity index is 2.68. The fraction of sp³-hybridized carbons (Fsp3) is 0.182. The quantitative estimate of drug-likeness (QED) is 0.770. The van der Waals surface area contributed by atoms with Crippen molar-refractivity contribution in [2.24, 2.45) is 5.73 Å². The van der Waals surface area contributed by atoms with E-state index in [0.717, 1.165) is 6.07 Å². The number of carbonyl (C=O) groups is 3. The number of hydrogen-bond donors (Lipinski definition) is 2. The monoisotopic (exact) mass is 254 g/mol. The van der Waals surface area contributed by atoms with E-state index >= 15 is 0 Å². The molecule has 0 aliphatic carbocycles. The minimum absolute atomic E-state index is 0.295. The van der Waals surface area contributed by atoms with Gasteiger partial charge in [0.15, 0.2) is 6.10 Å². The number of urea groups is 1. The van der Waals surface area contributed by atoms with Gasteiger partial charge in [0.1, 0.15) is 5.82 Å². The number of nitrogens with one attached hydrogen (secondary N) is 1. The van der Waals surface area contributed by atoms with Gasteiger partial charge in [0.25, 0.3) is 5.91 Å². The molecular formula is C11H11FN2O4.